The molecule has 22 heavy (non-hydrogen) atoms. The summed E-state index contributed by atoms with van der Waals surface area (Å²) in [6.45, 7) is 1.26. The molecule has 0 aliphatic carbocycles. The molecule has 2 rings (SSSR count). The van der Waals surface area contributed by atoms with Crippen molar-refractivity contribution in [2.75, 3.05) is 6.61 Å². The Kier molecular flexibility index (Phi) is 5.55. The van der Waals surface area contributed by atoms with Crippen LogP contribution in [0.5, 0.6) is 5.75 Å². The van der Waals surface area contributed by atoms with E-state index in [-0.39, 0.29) is 12.4 Å². The smallest absolute Gasteiger partial charge is 0.344 e. The molecule has 0 fully saturated rings. The van der Waals surface area contributed by atoms with E-state index >= 15 is 0 Å². The topological polar surface area (TPSA) is 52.6 Å². The lowest BCUT2D eigenvalue weighted by Crippen LogP contribution is -2.27. The van der Waals surface area contributed by atoms with Gasteiger partial charge in [0.25, 0.3) is 0 Å². The van der Waals surface area contributed by atoms with E-state index in [9.17, 15) is 9.59 Å². The number of rotatable bonds is 6. The molecule has 0 saturated heterocycles. The maximum absolute atomic E-state index is 12.1. The first kappa shape index (κ1) is 16.0. The molecular formula is C17H15ClO4. The number of para-hydroxylation sites is 1. The Hall–Kier alpha value is -2.33. The number of ether oxygens (including phenoxy) is 2. The zero-order valence-corrected chi connectivity index (χ0v) is 12.7. The van der Waals surface area contributed by atoms with Crippen LogP contribution in [0.1, 0.15) is 17.3 Å². The SMILES string of the molecule is CC(OC(=O)COc1ccccc1)C(=O)c1cccc(Cl)c1. The van der Waals surface area contributed by atoms with Crippen molar-refractivity contribution < 1.29 is 19.1 Å². The van der Waals surface area contributed by atoms with Crippen molar-refractivity contribution >= 4 is 23.4 Å². The van der Waals surface area contributed by atoms with Crippen LogP contribution >= 0.6 is 11.6 Å². The molecule has 0 aromatic heterocycles. The summed E-state index contributed by atoms with van der Waals surface area (Å²) < 4.78 is 10.3. The number of carbonyl (C=O) groups is 2. The normalized spacial score (nSPS) is 11.5. The van der Waals surface area contributed by atoms with Crippen molar-refractivity contribution in [2.45, 2.75) is 13.0 Å². The monoisotopic (exact) mass is 318 g/mol. The number of ketones is 1. The van der Waals surface area contributed by atoms with Crippen molar-refractivity contribution in [3.8, 4) is 5.75 Å². The third-order valence-electron chi connectivity index (χ3n) is 2.89. The Balaban J connectivity index is 1.87. The lowest BCUT2D eigenvalue weighted by Gasteiger charge is -2.13. The summed E-state index contributed by atoms with van der Waals surface area (Å²) in [5, 5.41) is 0.455. The average molecular weight is 319 g/mol. The number of benzene rings is 2. The van der Waals surface area contributed by atoms with Gasteiger partial charge >= 0.3 is 5.97 Å². The van der Waals surface area contributed by atoms with Gasteiger partial charge in [0.1, 0.15) is 5.75 Å². The summed E-state index contributed by atoms with van der Waals surface area (Å²) in [5.41, 5.74) is 0.400. The number of esters is 1. The fourth-order valence-electron chi connectivity index (χ4n) is 1.82. The van der Waals surface area contributed by atoms with Crippen molar-refractivity contribution in [3.05, 3.63) is 65.2 Å². The molecule has 0 spiro atoms. The number of hydrogen-bond acceptors (Lipinski definition) is 4. The minimum Gasteiger partial charge on any atom is -0.482 e. The Morgan fingerprint density at radius 2 is 1.82 bits per heavy atom. The van der Waals surface area contributed by atoms with E-state index in [0.29, 0.717) is 16.3 Å². The van der Waals surface area contributed by atoms with Crippen LogP contribution in [0.3, 0.4) is 0 Å². The van der Waals surface area contributed by atoms with Gasteiger partial charge in [0.2, 0.25) is 5.78 Å². The zero-order valence-electron chi connectivity index (χ0n) is 12.0. The second-order valence-corrected chi connectivity index (χ2v) is 5.04. The number of Topliss-reactive ketones (excluding diaryl/α,β-unsaturated/α-hetero) is 1. The molecule has 1 unspecified atom stereocenters. The summed E-state index contributed by atoms with van der Waals surface area (Å²) in [6, 6.07) is 15.4. The van der Waals surface area contributed by atoms with Gasteiger partial charge in [0, 0.05) is 10.6 Å². The molecule has 0 heterocycles. The molecule has 4 nitrogen and oxygen atoms in total. The van der Waals surface area contributed by atoms with Gasteiger partial charge in [-0.3, -0.25) is 4.79 Å². The lowest BCUT2D eigenvalue weighted by atomic mass is 10.1. The quantitative estimate of drug-likeness (QED) is 0.604. The molecule has 0 radical (unpaired) electrons. The fourth-order valence-corrected chi connectivity index (χ4v) is 2.01. The second-order valence-electron chi connectivity index (χ2n) is 4.61. The highest BCUT2D eigenvalue weighted by molar-refractivity contribution is 6.31. The van der Waals surface area contributed by atoms with Gasteiger partial charge in [-0.1, -0.05) is 41.9 Å². The third-order valence-corrected chi connectivity index (χ3v) is 3.12. The summed E-state index contributed by atoms with van der Waals surface area (Å²) in [6.07, 6.45) is -0.898. The van der Waals surface area contributed by atoms with Crippen molar-refractivity contribution in [2.24, 2.45) is 0 Å². The molecule has 0 aliphatic rings. The van der Waals surface area contributed by atoms with Gasteiger partial charge in [-0.05, 0) is 31.2 Å². The van der Waals surface area contributed by atoms with E-state index < -0.39 is 12.1 Å². The van der Waals surface area contributed by atoms with Gasteiger partial charge in [-0.2, -0.15) is 0 Å². The predicted molar refractivity (Wildman–Crippen MR) is 83.3 cm³/mol. The third kappa shape index (κ3) is 4.60. The second kappa shape index (κ2) is 7.61. The van der Waals surface area contributed by atoms with Gasteiger partial charge in [0.05, 0.1) is 0 Å². The van der Waals surface area contributed by atoms with Crippen LogP contribution in [0.4, 0.5) is 0 Å². The van der Waals surface area contributed by atoms with Gasteiger partial charge in [0.15, 0.2) is 12.7 Å². The van der Waals surface area contributed by atoms with E-state index in [0.717, 1.165) is 0 Å². The Morgan fingerprint density at radius 1 is 1.09 bits per heavy atom. The molecule has 2 aromatic carbocycles. The minimum absolute atomic E-state index is 0.253. The van der Waals surface area contributed by atoms with Crippen LogP contribution in [0, 0.1) is 0 Å². The molecule has 5 heteroatoms. The Bertz CT molecular complexity index is 655. The van der Waals surface area contributed by atoms with E-state index in [1.165, 1.54) is 13.0 Å². The first-order valence-corrected chi connectivity index (χ1v) is 7.11. The van der Waals surface area contributed by atoms with Gasteiger partial charge in [-0.15, -0.1) is 0 Å². The molecule has 114 valence electrons. The molecule has 1 atom stereocenters. The average Bonchev–Trinajstić information content (AvgIpc) is 2.53. The lowest BCUT2D eigenvalue weighted by molar-refractivity contribution is -0.148. The Labute approximate surface area is 133 Å². The summed E-state index contributed by atoms with van der Waals surface area (Å²) in [5.74, 6) is -0.351. The van der Waals surface area contributed by atoms with E-state index in [1.54, 1.807) is 42.5 Å². The Morgan fingerprint density at radius 3 is 2.50 bits per heavy atom. The number of carbonyl (C=O) groups excluding carboxylic acids is 2. The van der Waals surface area contributed by atoms with E-state index in [2.05, 4.69) is 0 Å². The van der Waals surface area contributed by atoms with Crippen LogP contribution in [-0.4, -0.2) is 24.5 Å². The van der Waals surface area contributed by atoms with Crippen LogP contribution in [0.15, 0.2) is 54.6 Å². The van der Waals surface area contributed by atoms with Crippen LogP contribution in [0.2, 0.25) is 5.02 Å². The van der Waals surface area contributed by atoms with Crippen molar-refractivity contribution in [1.82, 2.24) is 0 Å². The highest BCUT2D eigenvalue weighted by Crippen LogP contribution is 2.14. The molecule has 0 aliphatic heterocycles. The largest absolute Gasteiger partial charge is 0.482 e. The number of hydrogen-bond donors (Lipinski definition) is 0. The maximum Gasteiger partial charge on any atom is 0.344 e. The number of halogens is 1. The first-order valence-electron chi connectivity index (χ1n) is 6.73. The first-order chi connectivity index (χ1) is 10.6. The highest BCUT2D eigenvalue weighted by atomic mass is 35.5. The molecule has 0 bridgehead atoms. The van der Waals surface area contributed by atoms with E-state index in [4.69, 9.17) is 21.1 Å². The van der Waals surface area contributed by atoms with Crippen molar-refractivity contribution in [1.29, 1.82) is 0 Å². The molecule has 2 aromatic rings. The summed E-state index contributed by atoms with van der Waals surface area (Å²) in [7, 11) is 0. The van der Waals surface area contributed by atoms with Crippen LogP contribution < -0.4 is 4.74 Å². The van der Waals surface area contributed by atoms with Crippen LogP contribution in [0.25, 0.3) is 0 Å². The molecular weight excluding hydrogens is 304 g/mol. The van der Waals surface area contributed by atoms with Crippen molar-refractivity contribution in [3.63, 3.8) is 0 Å². The molecule has 0 amide bonds. The summed E-state index contributed by atoms with van der Waals surface area (Å²) >= 11 is 5.84. The van der Waals surface area contributed by atoms with Crippen LogP contribution in [-0.2, 0) is 9.53 Å². The maximum atomic E-state index is 12.1. The standard InChI is InChI=1S/C17H15ClO4/c1-12(17(20)13-6-5-7-14(18)10-13)22-16(19)11-21-15-8-3-2-4-9-15/h2-10,12H,11H2,1H3. The minimum atomic E-state index is -0.898. The highest BCUT2D eigenvalue weighted by Gasteiger charge is 2.19. The summed E-state index contributed by atoms with van der Waals surface area (Å²) in [4.78, 5) is 23.8. The molecule has 0 saturated carbocycles. The molecule has 0 N–H and O–H groups in total. The zero-order chi connectivity index (χ0) is 15.9. The predicted octanol–water partition coefficient (Wildman–Crippen LogP) is 3.53. The van der Waals surface area contributed by atoms with Gasteiger partial charge < -0.3 is 9.47 Å². The van der Waals surface area contributed by atoms with E-state index in [1.807, 2.05) is 6.07 Å². The fraction of sp³-hybridized carbons (Fsp3) is 0.176. The van der Waals surface area contributed by atoms with Gasteiger partial charge in [-0.25, -0.2) is 4.79 Å².